The van der Waals surface area contributed by atoms with Crippen molar-refractivity contribution in [3.05, 3.63) is 63.1 Å². The Hall–Kier alpha value is -3.28. The van der Waals surface area contributed by atoms with Crippen LogP contribution in [0.5, 0.6) is 5.75 Å². The summed E-state index contributed by atoms with van der Waals surface area (Å²) in [7, 11) is -1.86. The van der Waals surface area contributed by atoms with Crippen LogP contribution in [0, 0.1) is 11.6 Å². The Morgan fingerprint density at radius 1 is 1.20 bits per heavy atom. The molecule has 0 saturated heterocycles. The van der Waals surface area contributed by atoms with Gasteiger partial charge in [0.2, 0.25) is 5.43 Å². The lowest BCUT2D eigenvalue weighted by Crippen LogP contribution is -2.68. The number of amides is 2. The molecule has 2 heterocycles. The lowest BCUT2D eigenvalue weighted by Gasteiger charge is -2.52. The van der Waals surface area contributed by atoms with Crippen molar-refractivity contribution < 1.29 is 37.1 Å². The number of halogens is 2. The Kier molecular flexibility index (Phi) is 8.39. The molecule has 1 spiro atoms. The van der Waals surface area contributed by atoms with Gasteiger partial charge in [0.15, 0.2) is 11.4 Å². The first-order chi connectivity index (χ1) is 18.9. The third-order valence-corrected chi connectivity index (χ3v) is 10.1. The van der Waals surface area contributed by atoms with E-state index in [2.05, 4.69) is 5.32 Å². The van der Waals surface area contributed by atoms with Gasteiger partial charge in [0.05, 0.1) is 18.9 Å². The number of nitrogens with one attached hydrogen (secondary N) is 1. The van der Waals surface area contributed by atoms with Crippen molar-refractivity contribution in [2.75, 3.05) is 31.8 Å². The smallest absolute Gasteiger partial charge is 0.333 e. The van der Waals surface area contributed by atoms with Crippen LogP contribution in [0.25, 0.3) is 0 Å². The molecule has 0 bridgehead atoms. The van der Waals surface area contributed by atoms with Gasteiger partial charge in [0.25, 0.3) is 11.8 Å². The maximum atomic E-state index is 14.0. The Morgan fingerprint density at radius 3 is 2.48 bits per heavy atom. The lowest BCUT2D eigenvalue weighted by atomic mass is 10.0. The monoisotopic (exact) mass is 582 g/mol. The fourth-order valence-electron chi connectivity index (χ4n) is 5.65. The molecule has 2 unspecified atom stereocenters. The number of pyridine rings is 1. The number of hydrogen-bond donors (Lipinski definition) is 2. The fraction of sp³-hybridized carbons (Fsp3) is 0.500. The van der Waals surface area contributed by atoms with Gasteiger partial charge in [-0.05, 0) is 39.7 Å². The van der Waals surface area contributed by atoms with Crippen LogP contribution in [-0.2, 0) is 20.2 Å². The predicted molar refractivity (Wildman–Crippen MR) is 142 cm³/mol. The zero-order chi connectivity index (χ0) is 29.4. The molecule has 1 aliphatic heterocycles. The van der Waals surface area contributed by atoms with Crippen LogP contribution < -0.4 is 15.8 Å². The largest absolute Gasteiger partial charge is 0.502 e. The highest BCUT2D eigenvalue weighted by molar-refractivity contribution is 7.54. The molecule has 0 radical (unpaired) electrons. The first kappa shape index (κ1) is 29.7. The van der Waals surface area contributed by atoms with Gasteiger partial charge in [-0.2, -0.15) is 0 Å². The van der Waals surface area contributed by atoms with Gasteiger partial charge < -0.3 is 24.4 Å². The second-order valence-corrected chi connectivity index (χ2v) is 12.0. The van der Waals surface area contributed by atoms with E-state index in [-0.39, 0.29) is 44.0 Å². The molecule has 2 amide bonds. The Labute approximate surface area is 230 Å². The van der Waals surface area contributed by atoms with E-state index in [1.165, 1.54) is 9.58 Å². The summed E-state index contributed by atoms with van der Waals surface area (Å²) in [6.45, 7) is 5.45. The molecule has 14 heteroatoms. The SMILES string of the molecule is CCOP(=O)(OCC)C1CCC2(C1)N(CC)C(=O)c1c(O)c(=O)c(C(=O)NCc3ccc(F)cc3F)cn1N2C. The highest BCUT2D eigenvalue weighted by atomic mass is 31.2. The molecule has 2 N–H and O–H groups in total. The summed E-state index contributed by atoms with van der Waals surface area (Å²) in [5.74, 6) is -4.10. The lowest BCUT2D eigenvalue weighted by molar-refractivity contribution is 0.0317. The normalized spacial score (nSPS) is 20.8. The minimum absolute atomic E-state index is 0.00751. The predicted octanol–water partition coefficient (Wildman–Crippen LogP) is 3.32. The zero-order valence-corrected chi connectivity index (χ0v) is 23.7. The van der Waals surface area contributed by atoms with Crippen LogP contribution in [-0.4, -0.2) is 64.6 Å². The van der Waals surface area contributed by atoms with E-state index in [0.29, 0.717) is 18.9 Å². The van der Waals surface area contributed by atoms with Gasteiger partial charge in [-0.15, -0.1) is 0 Å². The number of rotatable bonds is 9. The number of hydrogen-bond acceptors (Lipinski definition) is 8. The first-order valence-corrected chi connectivity index (χ1v) is 14.7. The van der Waals surface area contributed by atoms with Crippen molar-refractivity contribution in [2.24, 2.45) is 0 Å². The number of benzene rings is 1. The minimum Gasteiger partial charge on any atom is -0.502 e. The number of nitrogens with zero attached hydrogens (tertiary/aromatic N) is 3. The molecule has 1 aliphatic carbocycles. The van der Waals surface area contributed by atoms with Crippen LogP contribution in [0.4, 0.5) is 8.78 Å². The molecule has 4 rings (SSSR count). The second kappa shape index (κ2) is 11.3. The molecule has 218 valence electrons. The van der Waals surface area contributed by atoms with E-state index in [9.17, 15) is 32.8 Å². The molecule has 2 aliphatic rings. The van der Waals surface area contributed by atoms with Crippen molar-refractivity contribution in [3.8, 4) is 5.75 Å². The van der Waals surface area contributed by atoms with Gasteiger partial charge in [-0.1, -0.05) is 6.07 Å². The molecule has 2 aromatic rings. The van der Waals surface area contributed by atoms with E-state index in [0.717, 1.165) is 18.3 Å². The molecule has 11 nitrogen and oxygen atoms in total. The molecular weight excluding hydrogens is 549 g/mol. The van der Waals surface area contributed by atoms with Crippen molar-refractivity contribution in [1.29, 1.82) is 0 Å². The molecule has 40 heavy (non-hydrogen) atoms. The van der Waals surface area contributed by atoms with Gasteiger partial charge in [-0.3, -0.25) is 28.6 Å². The Balaban J connectivity index is 1.71. The Morgan fingerprint density at radius 2 is 1.88 bits per heavy atom. The van der Waals surface area contributed by atoms with Crippen molar-refractivity contribution >= 4 is 19.4 Å². The average molecular weight is 583 g/mol. The summed E-state index contributed by atoms with van der Waals surface area (Å²) >= 11 is 0. The maximum Gasteiger partial charge on any atom is 0.333 e. The number of aromatic hydroxyl groups is 1. The van der Waals surface area contributed by atoms with Crippen LogP contribution in [0.15, 0.2) is 29.2 Å². The molecule has 1 aromatic carbocycles. The molecular formula is C26H33F2N4O7P. The number of fused-ring (bicyclic) bond motifs is 1. The van der Waals surface area contributed by atoms with Gasteiger partial charge in [-0.25, -0.2) is 8.78 Å². The van der Waals surface area contributed by atoms with E-state index >= 15 is 0 Å². The van der Waals surface area contributed by atoms with Crippen LogP contribution >= 0.6 is 7.60 Å². The topological polar surface area (TPSA) is 130 Å². The van der Waals surface area contributed by atoms with E-state index in [1.807, 2.05) is 0 Å². The standard InChI is InChI=1S/C26H33F2N4O7P/c1-5-31-25(36)21-23(34)22(33)19(24(35)29-14-16-8-9-17(27)12-20(16)28)15-32(21)30(4)26(31)11-10-18(13-26)40(37,38-6-2)39-7-3/h8-9,12,15,18,34H,5-7,10-11,13-14H2,1-4H3,(H,29,35). The van der Waals surface area contributed by atoms with E-state index in [4.69, 9.17) is 9.05 Å². The number of aromatic nitrogens is 1. The third-order valence-electron chi connectivity index (χ3n) is 7.56. The summed E-state index contributed by atoms with van der Waals surface area (Å²) in [6, 6.07) is 2.87. The van der Waals surface area contributed by atoms with Gasteiger partial charge >= 0.3 is 7.60 Å². The van der Waals surface area contributed by atoms with E-state index < -0.39 is 59.1 Å². The number of carbonyl (C=O) groups is 2. The maximum absolute atomic E-state index is 14.0. The van der Waals surface area contributed by atoms with Crippen LogP contribution in [0.2, 0.25) is 0 Å². The molecule has 1 saturated carbocycles. The van der Waals surface area contributed by atoms with Gasteiger partial charge in [0.1, 0.15) is 22.9 Å². The van der Waals surface area contributed by atoms with Crippen molar-refractivity contribution in [2.45, 2.75) is 57.9 Å². The Bertz CT molecular complexity index is 1420. The fourth-order valence-corrected chi connectivity index (χ4v) is 7.83. The summed E-state index contributed by atoms with van der Waals surface area (Å²) in [5, 5.41) is 14.9. The summed E-state index contributed by atoms with van der Waals surface area (Å²) in [5.41, 5.74) is -3.40. The molecule has 2 atom stereocenters. The van der Waals surface area contributed by atoms with Crippen LogP contribution in [0.1, 0.15) is 66.4 Å². The van der Waals surface area contributed by atoms with Crippen molar-refractivity contribution in [1.82, 2.24) is 14.9 Å². The molecule has 1 fully saturated rings. The third kappa shape index (κ3) is 4.90. The zero-order valence-electron chi connectivity index (χ0n) is 22.8. The first-order valence-electron chi connectivity index (χ1n) is 13.1. The van der Waals surface area contributed by atoms with E-state index in [1.54, 1.807) is 32.8 Å². The second-order valence-electron chi connectivity index (χ2n) is 9.66. The molecule has 1 aromatic heterocycles. The van der Waals surface area contributed by atoms with Crippen LogP contribution in [0.3, 0.4) is 0 Å². The summed E-state index contributed by atoms with van der Waals surface area (Å²) < 4.78 is 53.2. The summed E-state index contributed by atoms with van der Waals surface area (Å²) in [6.07, 6.45) is 2.18. The quantitative estimate of drug-likeness (QED) is 0.431. The van der Waals surface area contributed by atoms with Crippen molar-refractivity contribution in [3.63, 3.8) is 0 Å². The minimum atomic E-state index is -3.51. The average Bonchev–Trinajstić information content (AvgIpc) is 3.35. The summed E-state index contributed by atoms with van der Waals surface area (Å²) in [4.78, 5) is 41.2. The number of carbonyl (C=O) groups excluding carboxylic acids is 2. The highest BCUT2D eigenvalue weighted by Crippen LogP contribution is 2.61. The van der Waals surface area contributed by atoms with Gasteiger partial charge in [0, 0.05) is 44.4 Å². The highest BCUT2D eigenvalue weighted by Gasteiger charge is 2.57.